The Morgan fingerprint density at radius 1 is 1.25 bits per heavy atom. The van der Waals surface area contributed by atoms with Gasteiger partial charge in [-0.25, -0.2) is 14.5 Å². The van der Waals surface area contributed by atoms with Crippen LogP contribution in [0.1, 0.15) is 18.9 Å². The zero-order valence-corrected chi connectivity index (χ0v) is 12.3. The Balaban J connectivity index is 1.50. The summed E-state index contributed by atoms with van der Waals surface area (Å²) in [6.45, 7) is 0.737. The molecule has 106 valence electrons. The summed E-state index contributed by atoms with van der Waals surface area (Å²) in [5.41, 5.74) is -0.212. The van der Waals surface area contributed by atoms with Crippen molar-refractivity contribution in [2.75, 3.05) is 13.2 Å². The molecule has 0 atom stereocenters. The number of rotatable bonds is 6. The third kappa shape index (κ3) is 3.04. The first kappa shape index (κ1) is 13.2. The molecule has 1 heterocycles. The van der Waals surface area contributed by atoms with Gasteiger partial charge in [-0.05, 0) is 37.1 Å². The molecule has 1 aliphatic rings. The number of nitrogens with one attached hydrogen (secondary N) is 1. The first-order valence-corrected chi connectivity index (χ1v) is 7.21. The number of nitrogens with zero attached hydrogens (tertiary/aromatic N) is 2. The average Bonchev–Trinajstić information content (AvgIpc) is 3.21. The molecule has 2 aromatic rings. The molecular weight excluding hydrogens is 326 g/mol. The fourth-order valence-corrected chi connectivity index (χ4v) is 2.13. The number of halogens is 1. The van der Waals surface area contributed by atoms with Crippen molar-refractivity contribution in [1.82, 2.24) is 14.8 Å². The highest BCUT2D eigenvalue weighted by Gasteiger charge is 2.29. The molecule has 1 aromatic carbocycles. The van der Waals surface area contributed by atoms with Crippen LogP contribution in [0, 0.1) is 0 Å². The highest BCUT2D eigenvalue weighted by molar-refractivity contribution is 9.10. The van der Waals surface area contributed by atoms with Crippen molar-refractivity contribution < 1.29 is 9.47 Å². The minimum Gasteiger partial charge on any atom is -0.490 e. The lowest BCUT2D eigenvalue weighted by atomic mass is 10.3. The van der Waals surface area contributed by atoms with E-state index in [1.165, 1.54) is 0 Å². The van der Waals surface area contributed by atoms with Gasteiger partial charge in [0, 0.05) is 10.5 Å². The lowest BCUT2D eigenvalue weighted by Crippen LogP contribution is -2.18. The minimum atomic E-state index is -0.212. The summed E-state index contributed by atoms with van der Waals surface area (Å²) in [5.74, 6) is 0.776. The fraction of sp³-hybridized carbons (Fsp3) is 0.385. The number of aromatic amines is 1. The number of aromatic nitrogens is 3. The van der Waals surface area contributed by atoms with Crippen molar-refractivity contribution in [2.24, 2.45) is 0 Å². The lowest BCUT2D eigenvalue weighted by Gasteiger charge is -2.08. The molecule has 1 N–H and O–H groups in total. The van der Waals surface area contributed by atoms with Crippen LogP contribution < -0.4 is 15.2 Å². The Bertz CT molecular complexity index is 631. The van der Waals surface area contributed by atoms with E-state index >= 15 is 0 Å². The molecule has 1 aliphatic carbocycles. The molecule has 0 amide bonds. The number of ether oxygens (including phenoxy) is 2. The molecule has 20 heavy (non-hydrogen) atoms. The molecule has 1 aromatic heterocycles. The molecule has 0 unspecified atom stereocenters. The maximum absolute atomic E-state index is 11.5. The van der Waals surface area contributed by atoms with Crippen LogP contribution in [-0.2, 0) is 0 Å². The van der Waals surface area contributed by atoms with Crippen LogP contribution >= 0.6 is 15.9 Å². The van der Waals surface area contributed by atoms with Crippen LogP contribution in [0.2, 0.25) is 0 Å². The van der Waals surface area contributed by atoms with Crippen molar-refractivity contribution >= 4 is 15.9 Å². The maximum atomic E-state index is 11.5. The van der Waals surface area contributed by atoms with Crippen LogP contribution in [0.3, 0.4) is 0 Å². The predicted octanol–water partition coefficient (Wildman–Crippen LogP) is 2.13. The third-order valence-electron chi connectivity index (χ3n) is 2.98. The first-order chi connectivity index (χ1) is 9.74. The minimum absolute atomic E-state index is 0.212. The normalized spacial score (nSPS) is 14.2. The number of benzene rings is 1. The van der Waals surface area contributed by atoms with Crippen molar-refractivity contribution in [3.8, 4) is 11.8 Å². The van der Waals surface area contributed by atoms with Gasteiger partial charge >= 0.3 is 11.7 Å². The van der Waals surface area contributed by atoms with Gasteiger partial charge in [-0.2, -0.15) is 0 Å². The van der Waals surface area contributed by atoms with Crippen molar-refractivity contribution in [3.63, 3.8) is 0 Å². The summed E-state index contributed by atoms with van der Waals surface area (Å²) >= 11 is 3.36. The van der Waals surface area contributed by atoms with Crippen LogP contribution in [0.4, 0.5) is 0 Å². The van der Waals surface area contributed by atoms with Crippen LogP contribution in [0.15, 0.2) is 33.5 Å². The topological polar surface area (TPSA) is 69.1 Å². The molecule has 7 heteroatoms. The first-order valence-electron chi connectivity index (χ1n) is 6.42. The summed E-state index contributed by atoms with van der Waals surface area (Å²) in [7, 11) is 0. The van der Waals surface area contributed by atoms with Gasteiger partial charge in [0.1, 0.15) is 19.0 Å². The summed E-state index contributed by atoms with van der Waals surface area (Å²) < 4.78 is 13.6. The van der Waals surface area contributed by atoms with E-state index in [0.717, 1.165) is 23.1 Å². The standard InChI is InChI=1S/C13H14BrN3O3/c14-9-1-5-11(6-2-9)19-7-8-20-13-16-15-12(18)17(13)10-3-4-10/h1-2,5-6,10H,3-4,7-8H2,(H,15,18). The Hall–Kier alpha value is -1.76. The van der Waals surface area contributed by atoms with Gasteiger partial charge in [0.05, 0.1) is 0 Å². The molecule has 6 nitrogen and oxygen atoms in total. The largest absolute Gasteiger partial charge is 0.490 e. The Kier molecular flexibility index (Phi) is 3.77. The van der Waals surface area contributed by atoms with Gasteiger partial charge in [0.2, 0.25) is 0 Å². The molecule has 0 radical (unpaired) electrons. The van der Waals surface area contributed by atoms with Crippen molar-refractivity contribution in [2.45, 2.75) is 18.9 Å². The Labute approximate surface area is 123 Å². The van der Waals surface area contributed by atoms with E-state index < -0.39 is 0 Å². The number of hydrogen-bond acceptors (Lipinski definition) is 4. The van der Waals surface area contributed by atoms with E-state index in [9.17, 15) is 4.79 Å². The molecule has 3 rings (SSSR count). The molecule has 0 saturated heterocycles. The fourth-order valence-electron chi connectivity index (χ4n) is 1.87. The number of H-pyrrole nitrogens is 1. The van der Waals surface area contributed by atoms with E-state index in [2.05, 4.69) is 26.1 Å². The molecular formula is C13H14BrN3O3. The monoisotopic (exact) mass is 339 g/mol. The van der Waals surface area contributed by atoms with Crippen LogP contribution in [-0.4, -0.2) is 28.0 Å². The zero-order chi connectivity index (χ0) is 13.9. The summed E-state index contributed by atoms with van der Waals surface area (Å²) in [4.78, 5) is 11.5. The molecule has 1 saturated carbocycles. The van der Waals surface area contributed by atoms with E-state index in [1.807, 2.05) is 24.3 Å². The second kappa shape index (κ2) is 5.70. The second-order valence-electron chi connectivity index (χ2n) is 4.56. The van der Waals surface area contributed by atoms with Gasteiger partial charge in [0.25, 0.3) is 0 Å². The van der Waals surface area contributed by atoms with Crippen molar-refractivity contribution in [3.05, 3.63) is 39.2 Å². The molecule has 0 aliphatic heterocycles. The summed E-state index contributed by atoms with van der Waals surface area (Å²) in [6, 6.07) is 8.15. The van der Waals surface area contributed by atoms with Gasteiger partial charge in [0.15, 0.2) is 0 Å². The van der Waals surface area contributed by atoms with E-state index in [0.29, 0.717) is 19.2 Å². The smallest absolute Gasteiger partial charge is 0.346 e. The van der Waals surface area contributed by atoms with Gasteiger partial charge < -0.3 is 9.47 Å². The predicted molar refractivity (Wildman–Crippen MR) is 76.3 cm³/mol. The highest BCUT2D eigenvalue weighted by Crippen LogP contribution is 2.35. The van der Waals surface area contributed by atoms with Crippen LogP contribution in [0.25, 0.3) is 0 Å². The van der Waals surface area contributed by atoms with E-state index in [-0.39, 0.29) is 11.7 Å². The second-order valence-corrected chi connectivity index (χ2v) is 5.48. The molecule has 0 spiro atoms. The van der Waals surface area contributed by atoms with Gasteiger partial charge in [-0.15, -0.1) is 5.10 Å². The molecule has 1 fully saturated rings. The van der Waals surface area contributed by atoms with Gasteiger partial charge in [-0.3, -0.25) is 0 Å². The number of hydrogen-bond donors (Lipinski definition) is 1. The van der Waals surface area contributed by atoms with E-state index in [4.69, 9.17) is 9.47 Å². The maximum Gasteiger partial charge on any atom is 0.346 e. The van der Waals surface area contributed by atoms with E-state index in [1.54, 1.807) is 4.57 Å². The van der Waals surface area contributed by atoms with Gasteiger partial charge in [-0.1, -0.05) is 15.9 Å². The summed E-state index contributed by atoms with van der Waals surface area (Å²) in [6.07, 6.45) is 2.01. The quantitative estimate of drug-likeness (QED) is 0.818. The Morgan fingerprint density at radius 2 is 1.95 bits per heavy atom. The zero-order valence-electron chi connectivity index (χ0n) is 10.7. The summed E-state index contributed by atoms with van der Waals surface area (Å²) in [5, 5.41) is 6.28. The molecule has 0 bridgehead atoms. The Morgan fingerprint density at radius 3 is 2.65 bits per heavy atom. The third-order valence-corrected chi connectivity index (χ3v) is 3.51. The average molecular weight is 340 g/mol. The van der Waals surface area contributed by atoms with Crippen LogP contribution in [0.5, 0.6) is 11.8 Å². The SMILES string of the molecule is O=c1[nH]nc(OCCOc2ccc(Br)cc2)n1C1CC1. The highest BCUT2D eigenvalue weighted by atomic mass is 79.9. The lowest BCUT2D eigenvalue weighted by molar-refractivity contribution is 0.199. The van der Waals surface area contributed by atoms with Crippen molar-refractivity contribution in [1.29, 1.82) is 0 Å².